The summed E-state index contributed by atoms with van der Waals surface area (Å²) in [5.41, 5.74) is 0. The zero-order valence-corrected chi connectivity index (χ0v) is 43.0. The number of amides is 1. The third kappa shape index (κ3) is 47.3. The second-order valence-corrected chi connectivity index (χ2v) is 18.4. The number of hydrogen-bond donors (Lipinski definition) is 3. The Morgan fingerprint density at radius 3 is 1.38 bits per heavy atom. The van der Waals surface area contributed by atoms with Crippen molar-refractivity contribution in [3.63, 3.8) is 0 Å². The molecule has 0 aliphatic rings. The number of allylic oxidation sites excluding steroid dienone is 15. The Morgan fingerprint density at radius 2 is 0.864 bits per heavy atom. The molecule has 3 N–H and O–H groups in total. The largest absolute Gasteiger partial charge is 0.461 e. The summed E-state index contributed by atoms with van der Waals surface area (Å²) in [6.07, 6.45) is 70.5. The van der Waals surface area contributed by atoms with Crippen molar-refractivity contribution < 1.29 is 24.5 Å². The molecule has 0 saturated carbocycles. The molecule has 66 heavy (non-hydrogen) atoms. The maximum Gasteiger partial charge on any atom is 0.306 e. The van der Waals surface area contributed by atoms with Crippen LogP contribution < -0.4 is 5.32 Å². The van der Waals surface area contributed by atoms with Crippen molar-refractivity contribution in [1.82, 2.24) is 5.32 Å². The first kappa shape index (κ1) is 62.8. The zero-order valence-electron chi connectivity index (χ0n) is 43.0. The van der Waals surface area contributed by atoms with Gasteiger partial charge in [0.1, 0.15) is 6.10 Å². The fourth-order valence-corrected chi connectivity index (χ4v) is 7.77. The third-order valence-corrected chi connectivity index (χ3v) is 12.0. The van der Waals surface area contributed by atoms with Gasteiger partial charge in [-0.25, -0.2) is 0 Å². The van der Waals surface area contributed by atoms with Crippen molar-refractivity contribution in [3.05, 3.63) is 97.2 Å². The van der Waals surface area contributed by atoms with Gasteiger partial charge in [0.15, 0.2) is 0 Å². The molecule has 6 heteroatoms. The van der Waals surface area contributed by atoms with Gasteiger partial charge in [0.25, 0.3) is 0 Å². The SMILES string of the molecule is CCCCC/C=C\C/C=C\C/C=C\C/C=C\CC(CC(=O)NC(CO)C(O)CCCCCCCCCCCCCCCC)OC(=O)CCCCCCC/C=C/C=C/C=C/C=C/CCCCC. The van der Waals surface area contributed by atoms with E-state index in [0.29, 0.717) is 19.3 Å². The summed E-state index contributed by atoms with van der Waals surface area (Å²) in [5.74, 6) is -0.606. The second-order valence-electron chi connectivity index (χ2n) is 18.4. The summed E-state index contributed by atoms with van der Waals surface area (Å²) in [6, 6.07) is -0.742. The van der Waals surface area contributed by atoms with Crippen LogP contribution >= 0.6 is 0 Å². The highest BCUT2D eigenvalue weighted by molar-refractivity contribution is 5.77. The van der Waals surface area contributed by atoms with Gasteiger partial charge in [-0.1, -0.05) is 253 Å². The van der Waals surface area contributed by atoms with E-state index < -0.39 is 18.2 Å². The highest BCUT2D eigenvalue weighted by atomic mass is 16.5. The van der Waals surface area contributed by atoms with Crippen LogP contribution in [0.1, 0.15) is 245 Å². The average Bonchev–Trinajstić information content (AvgIpc) is 3.31. The molecule has 0 fully saturated rings. The van der Waals surface area contributed by atoms with Crippen LogP contribution in [0.15, 0.2) is 97.2 Å². The Hall–Kier alpha value is -3.22. The normalized spacial score (nSPS) is 14.0. The standard InChI is InChI=1S/C60H103NO5/c1-4-7-10-13-16-19-22-25-28-29-30-32-35-38-41-44-47-50-53-60(65)66-56(51-48-45-42-39-36-33-31-26-23-20-17-14-11-8-5-2)54-59(64)61-57(55-62)58(63)52-49-46-43-40-37-34-27-24-21-18-15-12-9-6-3/h16-17,19-20,22,25-26,28-32,36,39,45,48,56-58,62-63H,4-15,18,21,23-24,27,33-35,37-38,40-44,46-47,49-55H2,1-3H3,(H,61,64)/b19-16+,20-17-,25-22+,29-28+,31-26-,32-30+,39-36-,48-45-. The number of carbonyl (C=O) groups excluding carboxylic acids is 2. The highest BCUT2D eigenvalue weighted by Gasteiger charge is 2.23. The number of nitrogens with one attached hydrogen (secondary N) is 1. The van der Waals surface area contributed by atoms with Crippen LogP contribution in [-0.2, 0) is 14.3 Å². The molecule has 0 spiro atoms. The maximum atomic E-state index is 13.2. The molecule has 0 aliphatic heterocycles. The number of ether oxygens (including phenoxy) is 1. The van der Waals surface area contributed by atoms with Gasteiger partial charge >= 0.3 is 5.97 Å². The smallest absolute Gasteiger partial charge is 0.306 e. The number of carbonyl (C=O) groups is 2. The number of hydrogen-bond acceptors (Lipinski definition) is 5. The third-order valence-electron chi connectivity index (χ3n) is 12.0. The number of aliphatic hydroxyl groups is 2. The van der Waals surface area contributed by atoms with E-state index in [2.05, 4.69) is 111 Å². The molecule has 3 unspecified atom stereocenters. The minimum atomic E-state index is -0.821. The van der Waals surface area contributed by atoms with E-state index in [-0.39, 0.29) is 24.9 Å². The minimum absolute atomic E-state index is 0.0129. The Balaban J connectivity index is 4.75. The van der Waals surface area contributed by atoms with Crippen molar-refractivity contribution in [1.29, 1.82) is 0 Å². The van der Waals surface area contributed by atoms with Crippen LogP contribution in [0.3, 0.4) is 0 Å². The topological polar surface area (TPSA) is 95.9 Å². The molecule has 0 radical (unpaired) electrons. The van der Waals surface area contributed by atoms with Crippen LogP contribution in [0.25, 0.3) is 0 Å². The van der Waals surface area contributed by atoms with Gasteiger partial charge in [0.2, 0.25) is 5.91 Å². The molecule has 0 rings (SSSR count). The van der Waals surface area contributed by atoms with Gasteiger partial charge in [-0.05, 0) is 70.6 Å². The van der Waals surface area contributed by atoms with Gasteiger partial charge in [-0.15, -0.1) is 0 Å². The summed E-state index contributed by atoms with van der Waals surface area (Å²) in [4.78, 5) is 26.2. The van der Waals surface area contributed by atoms with E-state index >= 15 is 0 Å². The molecule has 0 aliphatic carbocycles. The van der Waals surface area contributed by atoms with Gasteiger partial charge in [0.05, 0.1) is 25.2 Å². The van der Waals surface area contributed by atoms with Gasteiger partial charge in [-0.2, -0.15) is 0 Å². The fraction of sp³-hybridized carbons (Fsp3) is 0.700. The molecule has 6 nitrogen and oxygen atoms in total. The molecule has 3 atom stereocenters. The molecule has 0 aromatic rings. The lowest BCUT2D eigenvalue weighted by Gasteiger charge is -2.24. The lowest BCUT2D eigenvalue weighted by atomic mass is 10.0. The molecule has 0 aromatic carbocycles. The van der Waals surface area contributed by atoms with Crippen molar-refractivity contribution in [2.24, 2.45) is 0 Å². The summed E-state index contributed by atoms with van der Waals surface area (Å²) in [6.45, 7) is 6.39. The van der Waals surface area contributed by atoms with E-state index in [1.165, 1.54) is 116 Å². The van der Waals surface area contributed by atoms with E-state index in [0.717, 1.165) is 83.5 Å². The Morgan fingerprint density at radius 1 is 0.470 bits per heavy atom. The van der Waals surface area contributed by atoms with Crippen molar-refractivity contribution >= 4 is 11.9 Å². The molecular formula is C60H103NO5. The molecule has 0 saturated heterocycles. The van der Waals surface area contributed by atoms with Crippen molar-refractivity contribution in [2.45, 2.75) is 264 Å². The van der Waals surface area contributed by atoms with E-state index in [4.69, 9.17) is 4.74 Å². The number of unbranched alkanes of at least 4 members (excludes halogenated alkanes) is 24. The number of esters is 1. The first-order valence-electron chi connectivity index (χ1n) is 27.5. The van der Waals surface area contributed by atoms with Crippen molar-refractivity contribution in [2.75, 3.05) is 6.61 Å². The predicted molar refractivity (Wildman–Crippen MR) is 287 cm³/mol. The number of rotatable bonds is 48. The molecule has 1 amide bonds. The Bertz CT molecular complexity index is 1310. The zero-order chi connectivity index (χ0) is 48.1. The fourth-order valence-electron chi connectivity index (χ4n) is 7.77. The molecule has 0 heterocycles. The monoisotopic (exact) mass is 918 g/mol. The number of aliphatic hydroxyl groups excluding tert-OH is 2. The van der Waals surface area contributed by atoms with Crippen LogP contribution in [0, 0.1) is 0 Å². The quantitative estimate of drug-likeness (QED) is 0.0245. The predicted octanol–water partition coefficient (Wildman–Crippen LogP) is 16.9. The molecule has 0 bridgehead atoms. The van der Waals surface area contributed by atoms with E-state index in [1.54, 1.807) is 0 Å². The van der Waals surface area contributed by atoms with Gasteiger partial charge in [-0.3, -0.25) is 9.59 Å². The van der Waals surface area contributed by atoms with Crippen molar-refractivity contribution in [3.8, 4) is 0 Å². The summed E-state index contributed by atoms with van der Waals surface area (Å²) in [7, 11) is 0. The lowest BCUT2D eigenvalue weighted by Crippen LogP contribution is -2.46. The van der Waals surface area contributed by atoms with Crippen LogP contribution in [0.5, 0.6) is 0 Å². The van der Waals surface area contributed by atoms with Crippen LogP contribution in [0.2, 0.25) is 0 Å². The first-order valence-corrected chi connectivity index (χ1v) is 27.5. The van der Waals surface area contributed by atoms with Gasteiger partial charge < -0.3 is 20.3 Å². The molecular weight excluding hydrogens is 815 g/mol. The van der Waals surface area contributed by atoms with Crippen LogP contribution in [-0.4, -0.2) is 46.9 Å². The lowest BCUT2D eigenvalue weighted by molar-refractivity contribution is -0.150. The Labute approximate surface area is 407 Å². The van der Waals surface area contributed by atoms with Crippen LogP contribution in [0.4, 0.5) is 0 Å². The minimum Gasteiger partial charge on any atom is -0.461 e. The van der Waals surface area contributed by atoms with E-state index in [9.17, 15) is 19.8 Å². The molecule has 0 aromatic heterocycles. The van der Waals surface area contributed by atoms with Gasteiger partial charge in [0, 0.05) is 12.8 Å². The first-order chi connectivity index (χ1) is 32.5. The average molecular weight is 918 g/mol. The summed E-state index contributed by atoms with van der Waals surface area (Å²) < 4.78 is 5.87. The molecule has 378 valence electrons. The second kappa shape index (κ2) is 52.7. The Kier molecular flexibility index (Phi) is 50.2. The summed E-state index contributed by atoms with van der Waals surface area (Å²) in [5, 5.41) is 23.8. The maximum absolute atomic E-state index is 13.2. The highest BCUT2D eigenvalue weighted by Crippen LogP contribution is 2.16. The van der Waals surface area contributed by atoms with E-state index in [1.807, 2.05) is 12.2 Å². The summed E-state index contributed by atoms with van der Waals surface area (Å²) >= 11 is 0.